The molecule has 0 atom stereocenters. The van der Waals surface area contributed by atoms with Crippen molar-refractivity contribution in [3.05, 3.63) is 17.1 Å². The molecule has 1 heterocycles. The smallest absolute Gasteiger partial charge is 0.134 e. The zero-order valence-corrected chi connectivity index (χ0v) is 13.7. The van der Waals surface area contributed by atoms with Gasteiger partial charge in [-0.15, -0.1) is 0 Å². The first kappa shape index (κ1) is 15.3. The molecule has 0 spiro atoms. The number of nitrogens with zero attached hydrogens (tertiary/aromatic N) is 2. The van der Waals surface area contributed by atoms with Crippen molar-refractivity contribution in [1.29, 1.82) is 0 Å². The second-order valence-corrected chi connectivity index (χ2v) is 6.46. The van der Waals surface area contributed by atoms with Crippen LogP contribution in [0.4, 0.5) is 5.82 Å². The van der Waals surface area contributed by atoms with Gasteiger partial charge in [0.05, 0.1) is 0 Å². The van der Waals surface area contributed by atoms with E-state index in [1.54, 1.807) is 0 Å². The first-order chi connectivity index (χ1) is 9.56. The molecule has 20 heavy (non-hydrogen) atoms. The summed E-state index contributed by atoms with van der Waals surface area (Å²) in [5, 5.41) is 3.27. The summed E-state index contributed by atoms with van der Waals surface area (Å²) in [5.74, 6) is 4.03. The highest BCUT2D eigenvalue weighted by molar-refractivity contribution is 5.48. The fourth-order valence-corrected chi connectivity index (χ4v) is 3.50. The van der Waals surface area contributed by atoms with Crippen molar-refractivity contribution in [2.75, 3.05) is 12.4 Å². The maximum absolute atomic E-state index is 4.83. The third kappa shape index (κ3) is 3.13. The average molecular weight is 275 g/mol. The molecule has 112 valence electrons. The Morgan fingerprint density at radius 3 is 2.30 bits per heavy atom. The van der Waals surface area contributed by atoms with Crippen LogP contribution in [-0.2, 0) is 0 Å². The Kier molecular flexibility index (Phi) is 5.00. The van der Waals surface area contributed by atoms with Gasteiger partial charge in [-0.1, -0.05) is 27.2 Å². The SMILES string of the molecule is CCC1CCC(c2nc(C)c(C(C)C)c(NC)n2)CC1. The van der Waals surface area contributed by atoms with Gasteiger partial charge in [0.2, 0.25) is 0 Å². The van der Waals surface area contributed by atoms with Gasteiger partial charge in [0.25, 0.3) is 0 Å². The number of hydrogen-bond donors (Lipinski definition) is 1. The predicted octanol–water partition coefficient (Wildman–Crippen LogP) is 4.63. The van der Waals surface area contributed by atoms with Gasteiger partial charge in [-0.05, 0) is 44.4 Å². The molecule has 2 rings (SSSR count). The molecule has 1 saturated carbocycles. The van der Waals surface area contributed by atoms with Gasteiger partial charge in [-0.3, -0.25) is 0 Å². The molecule has 0 radical (unpaired) electrons. The van der Waals surface area contributed by atoms with Gasteiger partial charge in [-0.25, -0.2) is 9.97 Å². The molecular weight excluding hydrogens is 246 g/mol. The van der Waals surface area contributed by atoms with E-state index in [1.807, 2.05) is 7.05 Å². The molecule has 0 bridgehead atoms. The van der Waals surface area contributed by atoms with Crippen molar-refractivity contribution in [2.24, 2.45) is 5.92 Å². The van der Waals surface area contributed by atoms with Gasteiger partial charge in [0.1, 0.15) is 11.6 Å². The Balaban J connectivity index is 2.23. The zero-order valence-electron chi connectivity index (χ0n) is 13.7. The summed E-state index contributed by atoms with van der Waals surface area (Å²) >= 11 is 0. The molecule has 0 amide bonds. The molecule has 3 nitrogen and oxygen atoms in total. The first-order valence-corrected chi connectivity index (χ1v) is 8.12. The van der Waals surface area contributed by atoms with Gasteiger partial charge < -0.3 is 5.32 Å². The van der Waals surface area contributed by atoms with E-state index >= 15 is 0 Å². The van der Waals surface area contributed by atoms with Crippen molar-refractivity contribution in [2.45, 2.75) is 71.6 Å². The van der Waals surface area contributed by atoms with Crippen molar-refractivity contribution in [3.8, 4) is 0 Å². The second kappa shape index (κ2) is 6.55. The summed E-state index contributed by atoms with van der Waals surface area (Å²) < 4.78 is 0. The Labute approximate surface area is 123 Å². The van der Waals surface area contributed by atoms with E-state index in [1.165, 1.54) is 37.7 Å². The molecule has 0 aromatic carbocycles. The summed E-state index contributed by atoms with van der Waals surface area (Å²) in [4.78, 5) is 9.65. The van der Waals surface area contributed by atoms with Crippen molar-refractivity contribution >= 4 is 5.82 Å². The monoisotopic (exact) mass is 275 g/mol. The van der Waals surface area contributed by atoms with Crippen LogP contribution < -0.4 is 5.32 Å². The maximum atomic E-state index is 4.83. The van der Waals surface area contributed by atoms with Crippen LogP contribution in [-0.4, -0.2) is 17.0 Å². The molecular formula is C17H29N3. The van der Waals surface area contributed by atoms with Crippen molar-refractivity contribution in [3.63, 3.8) is 0 Å². The Morgan fingerprint density at radius 1 is 1.15 bits per heavy atom. The number of hydrogen-bond acceptors (Lipinski definition) is 3. The minimum atomic E-state index is 0.460. The quantitative estimate of drug-likeness (QED) is 0.870. The molecule has 0 unspecified atom stereocenters. The lowest BCUT2D eigenvalue weighted by Crippen LogP contribution is -2.17. The highest BCUT2D eigenvalue weighted by Crippen LogP contribution is 2.37. The first-order valence-electron chi connectivity index (χ1n) is 8.12. The maximum Gasteiger partial charge on any atom is 0.134 e. The molecule has 1 aliphatic carbocycles. The van der Waals surface area contributed by atoms with Gasteiger partial charge in [0, 0.05) is 24.2 Å². The van der Waals surface area contributed by atoms with E-state index in [-0.39, 0.29) is 0 Å². The second-order valence-electron chi connectivity index (χ2n) is 6.46. The van der Waals surface area contributed by atoms with E-state index in [0.29, 0.717) is 11.8 Å². The van der Waals surface area contributed by atoms with Crippen LogP contribution in [0.1, 0.15) is 81.8 Å². The third-order valence-corrected chi connectivity index (χ3v) is 4.76. The number of anilines is 1. The fourth-order valence-electron chi connectivity index (χ4n) is 3.50. The third-order valence-electron chi connectivity index (χ3n) is 4.76. The summed E-state index contributed by atoms with van der Waals surface area (Å²) in [6, 6.07) is 0. The van der Waals surface area contributed by atoms with Crippen LogP contribution >= 0.6 is 0 Å². The molecule has 1 aromatic heterocycles. The summed E-state index contributed by atoms with van der Waals surface area (Å²) in [7, 11) is 1.96. The van der Waals surface area contributed by atoms with Gasteiger partial charge in [-0.2, -0.15) is 0 Å². The molecule has 0 aliphatic heterocycles. The van der Waals surface area contributed by atoms with E-state index < -0.39 is 0 Å². The average Bonchev–Trinajstić information content (AvgIpc) is 2.46. The molecule has 3 heteroatoms. The van der Waals surface area contributed by atoms with Crippen LogP contribution in [0.3, 0.4) is 0 Å². The van der Waals surface area contributed by atoms with Gasteiger partial charge >= 0.3 is 0 Å². The van der Waals surface area contributed by atoms with Crippen molar-refractivity contribution < 1.29 is 0 Å². The Hall–Kier alpha value is -1.12. The minimum absolute atomic E-state index is 0.460. The highest BCUT2D eigenvalue weighted by Gasteiger charge is 2.25. The van der Waals surface area contributed by atoms with E-state index in [4.69, 9.17) is 9.97 Å². The lowest BCUT2D eigenvalue weighted by molar-refractivity contribution is 0.312. The van der Waals surface area contributed by atoms with Gasteiger partial charge in [0.15, 0.2) is 0 Å². The van der Waals surface area contributed by atoms with Crippen LogP contribution in [0.2, 0.25) is 0 Å². The Morgan fingerprint density at radius 2 is 1.80 bits per heavy atom. The zero-order chi connectivity index (χ0) is 14.7. The van der Waals surface area contributed by atoms with Crippen molar-refractivity contribution in [1.82, 2.24) is 9.97 Å². The molecule has 1 fully saturated rings. The topological polar surface area (TPSA) is 37.8 Å². The number of aromatic nitrogens is 2. The molecule has 0 saturated heterocycles. The highest BCUT2D eigenvalue weighted by atomic mass is 15.0. The van der Waals surface area contributed by atoms with Crippen LogP contribution in [0.15, 0.2) is 0 Å². The number of nitrogens with one attached hydrogen (secondary N) is 1. The largest absolute Gasteiger partial charge is 0.373 e. The standard InChI is InChI=1S/C17H29N3/c1-6-13-7-9-14(10-8-13)16-19-12(4)15(11(2)3)17(18-5)20-16/h11,13-14H,6-10H2,1-5H3,(H,18,19,20). The number of rotatable bonds is 4. The van der Waals surface area contributed by atoms with E-state index in [2.05, 4.69) is 33.0 Å². The van der Waals surface area contributed by atoms with Crippen LogP contribution in [0, 0.1) is 12.8 Å². The normalized spacial score (nSPS) is 23.1. The number of aryl methyl sites for hydroxylation is 1. The van der Waals surface area contributed by atoms with E-state index in [9.17, 15) is 0 Å². The summed E-state index contributed by atoms with van der Waals surface area (Å²) in [6.07, 6.45) is 6.50. The summed E-state index contributed by atoms with van der Waals surface area (Å²) in [6.45, 7) is 8.85. The molecule has 1 aliphatic rings. The molecule has 1 N–H and O–H groups in total. The van der Waals surface area contributed by atoms with Crippen LogP contribution in [0.5, 0.6) is 0 Å². The lowest BCUT2D eigenvalue weighted by atomic mass is 9.80. The fraction of sp³-hybridized carbons (Fsp3) is 0.765. The summed E-state index contributed by atoms with van der Waals surface area (Å²) in [5.41, 5.74) is 2.41. The molecule has 1 aromatic rings. The minimum Gasteiger partial charge on any atom is -0.373 e. The Bertz CT molecular complexity index is 446. The van der Waals surface area contributed by atoms with Crippen LogP contribution in [0.25, 0.3) is 0 Å². The van der Waals surface area contributed by atoms with E-state index in [0.717, 1.165) is 23.3 Å². The lowest BCUT2D eigenvalue weighted by Gasteiger charge is -2.27. The predicted molar refractivity (Wildman–Crippen MR) is 85.4 cm³/mol.